The van der Waals surface area contributed by atoms with Gasteiger partial charge in [0.1, 0.15) is 0 Å². The molecule has 100 valence electrons. The van der Waals surface area contributed by atoms with Gasteiger partial charge >= 0.3 is 6.03 Å². The Morgan fingerprint density at radius 2 is 2.00 bits per heavy atom. The highest BCUT2D eigenvalue weighted by Crippen LogP contribution is 2.41. The number of carbonyl (C=O) groups excluding carboxylic acids is 3. The number of nitrogens with one attached hydrogen (secondary N) is 1. The van der Waals surface area contributed by atoms with Gasteiger partial charge in [0.25, 0.3) is 18.0 Å². The van der Waals surface area contributed by atoms with Crippen LogP contribution in [0.4, 0.5) is 9.18 Å². The average molecular weight is 274 g/mol. The van der Waals surface area contributed by atoms with Gasteiger partial charge in [-0.25, -0.2) is 9.18 Å². The molecule has 1 aliphatic heterocycles. The van der Waals surface area contributed by atoms with Gasteiger partial charge in [0.2, 0.25) is 0 Å². The van der Waals surface area contributed by atoms with E-state index in [1.807, 2.05) is 11.6 Å². The molecule has 1 saturated carbocycles. The number of amides is 4. The number of carbonyl (C=O) groups is 3. The number of urea groups is 1. The van der Waals surface area contributed by atoms with Crippen LogP contribution in [0, 0.1) is 0 Å². The number of hydrogen-bond donors (Lipinski definition) is 1. The fourth-order valence-electron chi connectivity index (χ4n) is 2.47. The number of thioether (sulfide) groups is 1. The molecule has 5 nitrogen and oxygen atoms in total. The number of barbiturate groups is 1. The van der Waals surface area contributed by atoms with E-state index in [9.17, 15) is 18.8 Å². The Hall–Kier alpha value is -1.11. The summed E-state index contributed by atoms with van der Waals surface area (Å²) < 4.78 is 13.1. The van der Waals surface area contributed by atoms with Crippen molar-refractivity contribution in [1.29, 1.82) is 0 Å². The minimum absolute atomic E-state index is 0.173. The quantitative estimate of drug-likeness (QED) is 0.782. The number of hydrogen-bond acceptors (Lipinski definition) is 4. The minimum atomic E-state index is -2.26. The molecule has 0 aromatic carbocycles. The molecular formula is C11H15FN2O3S. The Bertz CT molecular complexity index is 396. The van der Waals surface area contributed by atoms with Gasteiger partial charge in [-0.15, -0.1) is 0 Å². The molecule has 2 aliphatic rings. The third-order valence-electron chi connectivity index (χ3n) is 3.58. The van der Waals surface area contributed by atoms with Gasteiger partial charge in [0.05, 0.1) is 0 Å². The zero-order valence-electron chi connectivity index (χ0n) is 10.1. The second-order valence-corrected chi connectivity index (χ2v) is 5.95. The highest BCUT2D eigenvalue weighted by molar-refractivity contribution is 8.00. The van der Waals surface area contributed by atoms with E-state index in [1.165, 1.54) is 0 Å². The first-order valence-electron chi connectivity index (χ1n) is 5.84. The zero-order chi connectivity index (χ0) is 13.3. The van der Waals surface area contributed by atoms with Crippen molar-refractivity contribution in [3.63, 3.8) is 0 Å². The molecule has 0 aromatic heterocycles. The van der Waals surface area contributed by atoms with E-state index < -0.39 is 24.0 Å². The van der Waals surface area contributed by atoms with Gasteiger partial charge in [0, 0.05) is 11.3 Å². The van der Waals surface area contributed by atoms with Gasteiger partial charge < -0.3 is 0 Å². The maximum Gasteiger partial charge on any atom is 0.330 e. The number of alkyl halides is 1. The standard InChI is InChI=1S/C11H15FN2O3S/c1-18-11(4-2-3-5-11)6-14-9(16)7(12)8(15)13-10(14)17/h7H,2-6H2,1H3,(H,13,15,17). The van der Waals surface area contributed by atoms with Crippen LogP contribution in [0.25, 0.3) is 0 Å². The van der Waals surface area contributed by atoms with Gasteiger partial charge in [-0.3, -0.25) is 19.8 Å². The largest absolute Gasteiger partial charge is 0.330 e. The maximum atomic E-state index is 13.3. The fraction of sp³-hybridized carbons (Fsp3) is 0.727. The Labute approximate surface area is 108 Å². The first kappa shape index (κ1) is 13.3. The molecule has 2 fully saturated rings. The molecule has 1 saturated heterocycles. The van der Waals surface area contributed by atoms with Crippen LogP contribution in [-0.2, 0) is 9.59 Å². The molecular weight excluding hydrogens is 259 g/mol. The molecule has 2 rings (SSSR count). The molecule has 1 aliphatic carbocycles. The molecule has 18 heavy (non-hydrogen) atoms. The van der Waals surface area contributed by atoms with Crippen LogP contribution in [0.2, 0.25) is 0 Å². The molecule has 0 bridgehead atoms. The van der Waals surface area contributed by atoms with Crippen molar-refractivity contribution in [1.82, 2.24) is 10.2 Å². The van der Waals surface area contributed by atoms with E-state index in [-0.39, 0.29) is 11.3 Å². The second kappa shape index (κ2) is 4.87. The highest BCUT2D eigenvalue weighted by atomic mass is 32.2. The number of halogens is 1. The van der Waals surface area contributed by atoms with Crippen molar-refractivity contribution in [3.05, 3.63) is 0 Å². The second-order valence-electron chi connectivity index (χ2n) is 4.68. The van der Waals surface area contributed by atoms with Crippen LogP contribution in [0.15, 0.2) is 0 Å². The Morgan fingerprint density at radius 3 is 2.56 bits per heavy atom. The Kier molecular flexibility index (Phi) is 3.61. The van der Waals surface area contributed by atoms with E-state index in [0.717, 1.165) is 30.6 Å². The summed E-state index contributed by atoms with van der Waals surface area (Å²) in [5, 5.41) is 1.87. The molecule has 1 atom stereocenters. The lowest BCUT2D eigenvalue weighted by atomic mass is 10.1. The summed E-state index contributed by atoms with van der Waals surface area (Å²) in [6.45, 7) is 0.173. The van der Waals surface area contributed by atoms with Crippen LogP contribution in [0.1, 0.15) is 25.7 Å². The number of nitrogens with zero attached hydrogens (tertiary/aromatic N) is 1. The first-order valence-corrected chi connectivity index (χ1v) is 7.07. The van der Waals surface area contributed by atoms with Crippen molar-refractivity contribution >= 4 is 29.6 Å². The van der Waals surface area contributed by atoms with Crippen LogP contribution < -0.4 is 5.32 Å². The third-order valence-corrected chi connectivity index (χ3v) is 4.99. The molecule has 0 aromatic rings. The first-order chi connectivity index (χ1) is 8.49. The van der Waals surface area contributed by atoms with Gasteiger partial charge in [-0.1, -0.05) is 12.8 Å². The molecule has 0 radical (unpaired) electrons. The number of rotatable bonds is 3. The molecule has 1 N–H and O–H groups in total. The normalized spacial score (nSPS) is 27.6. The third kappa shape index (κ3) is 2.23. The summed E-state index contributed by atoms with van der Waals surface area (Å²) in [6, 6.07) is -0.806. The van der Waals surface area contributed by atoms with Crippen molar-refractivity contribution in [2.75, 3.05) is 12.8 Å². The van der Waals surface area contributed by atoms with Crippen LogP contribution in [0.3, 0.4) is 0 Å². The molecule has 4 amide bonds. The predicted molar refractivity (Wildman–Crippen MR) is 64.9 cm³/mol. The number of imide groups is 2. The minimum Gasteiger partial charge on any atom is -0.275 e. The lowest BCUT2D eigenvalue weighted by molar-refractivity contribution is -0.144. The van der Waals surface area contributed by atoms with Crippen LogP contribution >= 0.6 is 11.8 Å². The van der Waals surface area contributed by atoms with Crippen molar-refractivity contribution < 1.29 is 18.8 Å². The van der Waals surface area contributed by atoms with Gasteiger partial charge in [-0.2, -0.15) is 11.8 Å². The summed E-state index contributed by atoms with van der Waals surface area (Å²) in [4.78, 5) is 35.1. The van der Waals surface area contributed by atoms with Gasteiger partial charge in [0.15, 0.2) is 0 Å². The SMILES string of the molecule is CSC1(CN2C(=O)NC(=O)C(F)C2=O)CCCC1. The Morgan fingerprint density at radius 1 is 1.39 bits per heavy atom. The van der Waals surface area contributed by atoms with E-state index in [4.69, 9.17) is 0 Å². The average Bonchev–Trinajstić information content (AvgIpc) is 2.81. The van der Waals surface area contributed by atoms with E-state index in [0.29, 0.717) is 0 Å². The molecule has 1 unspecified atom stereocenters. The van der Waals surface area contributed by atoms with Gasteiger partial charge in [-0.05, 0) is 19.1 Å². The van der Waals surface area contributed by atoms with E-state index >= 15 is 0 Å². The topological polar surface area (TPSA) is 66.5 Å². The van der Waals surface area contributed by atoms with Crippen molar-refractivity contribution in [2.45, 2.75) is 36.6 Å². The van der Waals surface area contributed by atoms with Crippen LogP contribution in [0.5, 0.6) is 0 Å². The van der Waals surface area contributed by atoms with E-state index in [1.54, 1.807) is 11.8 Å². The van der Waals surface area contributed by atoms with E-state index in [2.05, 4.69) is 0 Å². The Balaban J connectivity index is 2.14. The molecule has 7 heteroatoms. The van der Waals surface area contributed by atoms with Crippen molar-refractivity contribution in [2.24, 2.45) is 0 Å². The lowest BCUT2D eigenvalue weighted by Crippen LogP contribution is -2.61. The fourth-order valence-corrected chi connectivity index (χ4v) is 3.42. The summed E-state index contributed by atoms with van der Waals surface area (Å²) >= 11 is 1.60. The van der Waals surface area contributed by atoms with Crippen molar-refractivity contribution in [3.8, 4) is 0 Å². The maximum absolute atomic E-state index is 13.3. The smallest absolute Gasteiger partial charge is 0.275 e. The zero-order valence-corrected chi connectivity index (χ0v) is 10.9. The summed E-state index contributed by atoms with van der Waals surface area (Å²) in [5.41, 5.74) is 0. The predicted octanol–water partition coefficient (Wildman–Crippen LogP) is 1.08. The highest BCUT2D eigenvalue weighted by Gasteiger charge is 2.45. The summed E-state index contributed by atoms with van der Waals surface area (Å²) in [6.07, 6.45) is 3.55. The molecule has 0 spiro atoms. The summed E-state index contributed by atoms with van der Waals surface area (Å²) in [5.74, 6) is -2.20. The van der Waals surface area contributed by atoms with Crippen LogP contribution in [-0.4, -0.2) is 46.5 Å². The monoisotopic (exact) mass is 274 g/mol. The lowest BCUT2D eigenvalue weighted by Gasteiger charge is -2.35. The molecule has 1 heterocycles. The summed E-state index contributed by atoms with van der Waals surface area (Å²) in [7, 11) is 0.